The van der Waals surface area contributed by atoms with E-state index in [2.05, 4.69) is 20.4 Å². The van der Waals surface area contributed by atoms with Crippen molar-refractivity contribution in [1.29, 1.82) is 0 Å². The van der Waals surface area contributed by atoms with Crippen LogP contribution in [0.3, 0.4) is 0 Å². The van der Waals surface area contributed by atoms with Crippen LogP contribution in [-0.2, 0) is 19.0 Å². The van der Waals surface area contributed by atoms with Gasteiger partial charge in [-0.1, -0.05) is 11.2 Å². The average molecular weight is 392 g/mol. The fraction of sp³-hybridized carbons (Fsp3) is 0.316. The van der Waals surface area contributed by atoms with Gasteiger partial charge < -0.3 is 14.8 Å². The minimum absolute atomic E-state index is 0.255. The van der Waals surface area contributed by atoms with Gasteiger partial charge in [0.25, 0.3) is 5.91 Å². The Hall–Kier alpha value is -3.10. The third-order valence-corrected chi connectivity index (χ3v) is 4.33. The van der Waals surface area contributed by atoms with Gasteiger partial charge >= 0.3 is 6.18 Å². The number of hydrogen-bond donors (Lipinski definition) is 2. The molecule has 0 aliphatic heterocycles. The second-order valence-corrected chi connectivity index (χ2v) is 6.47. The number of nitrogens with zero attached hydrogens (tertiary/aromatic N) is 2. The molecule has 148 valence electrons. The minimum atomic E-state index is -4.46. The fourth-order valence-electron chi connectivity index (χ4n) is 2.80. The van der Waals surface area contributed by atoms with Gasteiger partial charge in [-0.25, -0.2) is 0 Å². The van der Waals surface area contributed by atoms with Gasteiger partial charge in [0, 0.05) is 37.8 Å². The molecule has 1 amide bonds. The third kappa shape index (κ3) is 4.59. The summed E-state index contributed by atoms with van der Waals surface area (Å²) in [6, 6.07) is 4.15. The summed E-state index contributed by atoms with van der Waals surface area (Å²) >= 11 is 0. The first-order chi connectivity index (χ1) is 13.2. The van der Waals surface area contributed by atoms with E-state index in [0.29, 0.717) is 36.4 Å². The van der Waals surface area contributed by atoms with Gasteiger partial charge in [0.15, 0.2) is 0 Å². The maximum atomic E-state index is 12.6. The predicted octanol–water partition coefficient (Wildman–Crippen LogP) is 3.60. The SMILES string of the molecule is Cc1cc(CCNC(=O)c2[nH]cc(Cc3ccc(C(F)(F)F)nc3)c2C)no1. The molecule has 9 heteroatoms. The van der Waals surface area contributed by atoms with Crippen molar-refractivity contribution in [3.63, 3.8) is 0 Å². The zero-order chi connectivity index (χ0) is 20.3. The van der Waals surface area contributed by atoms with Crippen LogP contribution in [-0.4, -0.2) is 27.6 Å². The highest BCUT2D eigenvalue weighted by molar-refractivity contribution is 5.94. The van der Waals surface area contributed by atoms with Crippen LogP contribution in [0.25, 0.3) is 0 Å². The van der Waals surface area contributed by atoms with E-state index in [1.54, 1.807) is 20.0 Å². The lowest BCUT2D eigenvalue weighted by molar-refractivity contribution is -0.141. The van der Waals surface area contributed by atoms with E-state index >= 15 is 0 Å². The van der Waals surface area contributed by atoms with Crippen LogP contribution in [0, 0.1) is 13.8 Å². The van der Waals surface area contributed by atoms with E-state index in [0.717, 1.165) is 22.9 Å². The highest BCUT2D eigenvalue weighted by Crippen LogP contribution is 2.27. The molecule has 2 N–H and O–H groups in total. The highest BCUT2D eigenvalue weighted by atomic mass is 19.4. The number of aryl methyl sites for hydroxylation is 1. The second-order valence-electron chi connectivity index (χ2n) is 6.47. The van der Waals surface area contributed by atoms with Gasteiger partial charge in [-0.2, -0.15) is 13.2 Å². The Balaban J connectivity index is 1.60. The number of aromatic nitrogens is 3. The van der Waals surface area contributed by atoms with E-state index in [1.807, 2.05) is 6.07 Å². The van der Waals surface area contributed by atoms with Crippen LogP contribution in [0.2, 0.25) is 0 Å². The normalized spacial score (nSPS) is 11.6. The average Bonchev–Trinajstić information content (AvgIpc) is 3.21. The van der Waals surface area contributed by atoms with Crippen molar-refractivity contribution in [3.05, 3.63) is 70.1 Å². The molecule has 6 nitrogen and oxygen atoms in total. The summed E-state index contributed by atoms with van der Waals surface area (Å²) in [5.74, 6) is 0.457. The number of aromatic amines is 1. The van der Waals surface area contributed by atoms with Crippen molar-refractivity contribution in [2.45, 2.75) is 32.9 Å². The molecule has 0 aliphatic carbocycles. The van der Waals surface area contributed by atoms with Crippen molar-refractivity contribution >= 4 is 5.91 Å². The Morgan fingerprint density at radius 3 is 2.68 bits per heavy atom. The number of H-pyrrole nitrogens is 1. The van der Waals surface area contributed by atoms with Crippen LogP contribution in [0.15, 0.2) is 35.1 Å². The summed E-state index contributed by atoms with van der Waals surface area (Å²) in [4.78, 5) is 18.8. The zero-order valence-electron chi connectivity index (χ0n) is 15.4. The summed E-state index contributed by atoms with van der Waals surface area (Å²) in [5.41, 5.74) is 2.45. The monoisotopic (exact) mass is 392 g/mol. The number of nitrogens with one attached hydrogen (secondary N) is 2. The molecule has 3 heterocycles. The molecule has 3 aromatic rings. The second kappa shape index (κ2) is 7.87. The molecule has 28 heavy (non-hydrogen) atoms. The van der Waals surface area contributed by atoms with E-state index in [1.165, 1.54) is 12.3 Å². The standard InChI is InChI=1S/C19H19F3N4O2/c1-11-7-15(26-28-11)5-6-23-18(27)17-12(2)14(10-25-17)8-13-3-4-16(24-9-13)19(20,21)22/h3-4,7,9-10,25H,5-6,8H2,1-2H3,(H,23,27). The molecule has 0 aromatic carbocycles. The molecule has 0 spiro atoms. The molecule has 0 bridgehead atoms. The summed E-state index contributed by atoms with van der Waals surface area (Å²) in [7, 11) is 0. The summed E-state index contributed by atoms with van der Waals surface area (Å²) in [6.45, 7) is 3.99. The Bertz CT molecular complexity index is 958. The molecule has 0 aliphatic rings. The van der Waals surface area contributed by atoms with Gasteiger partial charge in [0.05, 0.1) is 5.69 Å². The highest BCUT2D eigenvalue weighted by Gasteiger charge is 2.32. The van der Waals surface area contributed by atoms with E-state index in [-0.39, 0.29) is 5.91 Å². The number of pyridine rings is 1. The lowest BCUT2D eigenvalue weighted by Crippen LogP contribution is -2.26. The maximum Gasteiger partial charge on any atom is 0.433 e. The zero-order valence-corrected chi connectivity index (χ0v) is 15.4. The van der Waals surface area contributed by atoms with Crippen molar-refractivity contribution in [2.75, 3.05) is 6.54 Å². The lowest BCUT2D eigenvalue weighted by atomic mass is 10.0. The number of carbonyl (C=O) groups is 1. The molecular weight excluding hydrogens is 373 g/mol. The minimum Gasteiger partial charge on any atom is -0.361 e. The number of rotatable bonds is 6. The van der Waals surface area contributed by atoms with Crippen LogP contribution in [0.5, 0.6) is 0 Å². The Morgan fingerprint density at radius 2 is 2.07 bits per heavy atom. The van der Waals surface area contributed by atoms with E-state index < -0.39 is 11.9 Å². The molecule has 0 radical (unpaired) electrons. The smallest absolute Gasteiger partial charge is 0.361 e. The summed E-state index contributed by atoms with van der Waals surface area (Å²) in [6.07, 6.45) is -0.651. The van der Waals surface area contributed by atoms with Gasteiger partial charge in [-0.15, -0.1) is 0 Å². The first-order valence-electron chi connectivity index (χ1n) is 8.63. The molecule has 0 unspecified atom stereocenters. The van der Waals surface area contributed by atoms with Crippen LogP contribution in [0.1, 0.15) is 44.3 Å². The lowest BCUT2D eigenvalue weighted by Gasteiger charge is -2.07. The van der Waals surface area contributed by atoms with Crippen molar-refractivity contribution < 1.29 is 22.5 Å². The summed E-state index contributed by atoms with van der Waals surface area (Å²) < 4.78 is 42.8. The van der Waals surface area contributed by atoms with Gasteiger partial charge in [-0.3, -0.25) is 9.78 Å². The topological polar surface area (TPSA) is 83.8 Å². The van der Waals surface area contributed by atoms with Crippen molar-refractivity contribution in [2.24, 2.45) is 0 Å². The predicted molar refractivity (Wildman–Crippen MR) is 94.9 cm³/mol. The molecule has 3 aromatic heterocycles. The maximum absolute atomic E-state index is 12.6. The first-order valence-corrected chi connectivity index (χ1v) is 8.63. The van der Waals surface area contributed by atoms with E-state index in [9.17, 15) is 18.0 Å². The number of amides is 1. The van der Waals surface area contributed by atoms with Crippen LogP contribution in [0.4, 0.5) is 13.2 Å². The summed E-state index contributed by atoms with van der Waals surface area (Å²) in [5, 5.41) is 6.67. The van der Waals surface area contributed by atoms with Gasteiger partial charge in [0.2, 0.25) is 0 Å². The van der Waals surface area contributed by atoms with Crippen LogP contribution < -0.4 is 5.32 Å². The number of halogens is 3. The number of carbonyl (C=O) groups excluding carboxylic acids is 1. The van der Waals surface area contributed by atoms with Crippen molar-refractivity contribution in [1.82, 2.24) is 20.4 Å². The Morgan fingerprint density at radius 1 is 1.29 bits per heavy atom. The first kappa shape index (κ1) is 19.7. The van der Waals surface area contributed by atoms with Gasteiger partial charge in [0.1, 0.15) is 17.1 Å². The van der Waals surface area contributed by atoms with Crippen molar-refractivity contribution in [3.8, 4) is 0 Å². The molecule has 3 rings (SSSR count). The third-order valence-electron chi connectivity index (χ3n) is 4.33. The molecule has 0 saturated heterocycles. The Kier molecular flexibility index (Phi) is 5.53. The van der Waals surface area contributed by atoms with E-state index in [4.69, 9.17) is 4.52 Å². The Labute approximate surface area is 159 Å². The number of alkyl halides is 3. The molecular formula is C19H19F3N4O2. The molecule has 0 fully saturated rings. The molecule has 0 saturated carbocycles. The fourth-order valence-corrected chi connectivity index (χ4v) is 2.80. The number of hydrogen-bond acceptors (Lipinski definition) is 4. The van der Waals surface area contributed by atoms with Gasteiger partial charge in [-0.05, 0) is 36.6 Å². The molecule has 0 atom stereocenters. The van der Waals surface area contributed by atoms with Crippen LogP contribution >= 0.6 is 0 Å². The largest absolute Gasteiger partial charge is 0.433 e. The quantitative estimate of drug-likeness (QED) is 0.671.